The third kappa shape index (κ3) is 3.22. The SMILES string of the molecule is COCCC1(CNc2ncc(C#N)cc2[N+](=O)[O-])CC1. The molecular weight excluding hydrogens is 260 g/mol. The molecule has 1 heterocycles. The second-order valence-corrected chi connectivity index (χ2v) is 5.06. The fraction of sp³-hybridized carbons (Fsp3) is 0.538. The highest BCUT2D eigenvalue weighted by atomic mass is 16.6. The standard InChI is InChI=1S/C13H16N4O3/c1-20-5-4-13(2-3-13)9-16-12-11(17(18)19)6-10(7-14)8-15-12/h6,8H,2-5,9H2,1H3,(H,15,16). The topological polar surface area (TPSA) is 101 Å². The molecule has 1 saturated carbocycles. The molecule has 1 aliphatic rings. The number of nitriles is 1. The molecule has 1 fully saturated rings. The van der Waals surface area contributed by atoms with Crippen LogP contribution in [-0.4, -0.2) is 30.2 Å². The van der Waals surface area contributed by atoms with Crippen molar-refractivity contribution in [1.29, 1.82) is 5.26 Å². The lowest BCUT2D eigenvalue weighted by atomic mass is 10.0. The summed E-state index contributed by atoms with van der Waals surface area (Å²) in [5, 5.41) is 22.8. The number of nitrogens with zero attached hydrogens (tertiary/aromatic N) is 3. The third-order valence-electron chi connectivity index (χ3n) is 3.62. The van der Waals surface area contributed by atoms with Gasteiger partial charge in [0.15, 0.2) is 0 Å². The van der Waals surface area contributed by atoms with Crippen molar-refractivity contribution in [3.63, 3.8) is 0 Å². The van der Waals surface area contributed by atoms with Gasteiger partial charge < -0.3 is 10.1 Å². The first-order valence-corrected chi connectivity index (χ1v) is 6.37. The predicted molar refractivity (Wildman–Crippen MR) is 72.3 cm³/mol. The molecular formula is C13H16N4O3. The quantitative estimate of drug-likeness (QED) is 0.604. The van der Waals surface area contributed by atoms with Gasteiger partial charge in [0.1, 0.15) is 6.07 Å². The maximum Gasteiger partial charge on any atom is 0.312 e. The van der Waals surface area contributed by atoms with E-state index in [1.807, 2.05) is 6.07 Å². The van der Waals surface area contributed by atoms with E-state index in [2.05, 4.69) is 10.3 Å². The highest BCUT2D eigenvalue weighted by molar-refractivity contribution is 5.58. The molecule has 0 amide bonds. The first kappa shape index (κ1) is 14.2. The van der Waals surface area contributed by atoms with Gasteiger partial charge in [-0.1, -0.05) is 0 Å². The van der Waals surface area contributed by atoms with Crippen LogP contribution in [0.15, 0.2) is 12.3 Å². The number of hydrogen-bond donors (Lipinski definition) is 1. The van der Waals surface area contributed by atoms with Crippen LogP contribution in [0.3, 0.4) is 0 Å². The van der Waals surface area contributed by atoms with Crippen molar-refractivity contribution in [2.45, 2.75) is 19.3 Å². The first-order chi connectivity index (χ1) is 9.60. The Morgan fingerprint density at radius 3 is 2.95 bits per heavy atom. The molecule has 1 N–H and O–H groups in total. The third-order valence-corrected chi connectivity index (χ3v) is 3.62. The van der Waals surface area contributed by atoms with Crippen molar-refractivity contribution in [3.05, 3.63) is 27.9 Å². The zero-order valence-corrected chi connectivity index (χ0v) is 11.3. The summed E-state index contributed by atoms with van der Waals surface area (Å²) in [6, 6.07) is 3.09. The Morgan fingerprint density at radius 1 is 1.65 bits per heavy atom. The van der Waals surface area contributed by atoms with Gasteiger partial charge in [0.2, 0.25) is 5.82 Å². The molecule has 2 rings (SSSR count). The van der Waals surface area contributed by atoms with E-state index < -0.39 is 4.92 Å². The minimum absolute atomic E-state index is 0.161. The number of pyridine rings is 1. The molecule has 0 unspecified atom stereocenters. The van der Waals surface area contributed by atoms with E-state index in [1.54, 1.807) is 7.11 Å². The molecule has 20 heavy (non-hydrogen) atoms. The zero-order chi connectivity index (χ0) is 14.6. The Kier molecular flexibility index (Phi) is 4.15. The summed E-state index contributed by atoms with van der Waals surface area (Å²) in [4.78, 5) is 14.5. The van der Waals surface area contributed by atoms with Crippen molar-refractivity contribution in [1.82, 2.24) is 4.98 Å². The van der Waals surface area contributed by atoms with E-state index in [4.69, 9.17) is 10.00 Å². The molecule has 1 aromatic heterocycles. The number of hydrogen-bond acceptors (Lipinski definition) is 6. The van der Waals surface area contributed by atoms with Crippen LogP contribution in [0.2, 0.25) is 0 Å². The molecule has 0 radical (unpaired) electrons. The number of anilines is 1. The van der Waals surface area contributed by atoms with Gasteiger partial charge in [-0.25, -0.2) is 4.98 Å². The summed E-state index contributed by atoms with van der Waals surface area (Å²) >= 11 is 0. The zero-order valence-electron chi connectivity index (χ0n) is 11.3. The van der Waals surface area contributed by atoms with Gasteiger partial charge in [-0.05, 0) is 24.7 Å². The van der Waals surface area contributed by atoms with Crippen LogP contribution < -0.4 is 5.32 Å². The maximum absolute atomic E-state index is 11.0. The van der Waals surface area contributed by atoms with Gasteiger partial charge in [-0.15, -0.1) is 0 Å². The van der Waals surface area contributed by atoms with Crippen LogP contribution in [0, 0.1) is 26.9 Å². The number of aromatic nitrogens is 1. The summed E-state index contributed by atoms with van der Waals surface area (Å²) in [6.45, 7) is 1.32. The molecule has 0 aliphatic heterocycles. The van der Waals surface area contributed by atoms with Gasteiger partial charge in [-0.2, -0.15) is 5.26 Å². The van der Waals surface area contributed by atoms with Crippen molar-refractivity contribution < 1.29 is 9.66 Å². The van der Waals surface area contributed by atoms with E-state index in [9.17, 15) is 10.1 Å². The highest BCUT2D eigenvalue weighted by Gasteiger charge is 2.42. The molecule has 0 spiro atoms. The van der Waals surface area contributed by atoms with Crippen molar-refractivity contribution in [2.24, 2.45) is 5.41 Å². The fourth-order valence-electron chi connectivity index (χ4n) is 2.07. The van der Waals surface area contributed by atoms with Crippen LogP contribution in [0.25, 0.3) is 0 Å². The minimum Gasteiger partial charge on any atom is -0.385 e. The van der Waals surface area contributed by atoms with Crippen molar-refractivity contribution in [3.8, 4) is 6.07 Å². The summed E-state index contributed by atoms with van der Waals surface area (Å²) in [7, 11) is 1.66. The Bertz CT molecular complexity index is 549. The molecule has 7 heteroatoms. The number of nitro groups is 1. The van der Waals surface area contributed by atoms with Crippen LogP contribution in [0.5, 0.6) is 0 Å². The molecule has 106 valence electrons. The van der Waals surface area contributed by atoms with E-state index in [0.717, 1.165) is 19.3 Å². The van der Waals surface area contributed by atoms with Crippen molar-refractivity contribution in [2.75, 3.05) is 25.6 Å². The first-order valence-electron chi connectivity index (χ1n) is 6.37. The Labute approximate surface area is 116 Å². The maximum atomic E-state index is 11.0. The summed E-state index contributed by atoms with van der Waals surface area (Å²) in [5.74, 6) is 0.220. The van der Waals surface area contributed by atoms with Gasteiger partial charge in [0, 0.05) is 32.5 Å². The second-order valence-electron chi connectivity index (χ2n) is 5.06. The number of ether oxygens (including phenoxy) is 1. The van der Waals surface area contributed by atoms with Crippen LogP contribution in [-0.2, 0) is 4.74 Å². The Morgan fingerprint density at radius 2 is 2.40 bits per heavy atom. The van der Waals surface area contributed by atoms with E-state index in [0.29, 0.717) is 13.2 Å². The monoisotopic (exact) mass is 276 g/mol. The number of methoxy groups -OCH3 is 1. The van der Waals surface area contributed by atoms with E-state index in [1.165, 1.54) is 12.3 Å². The molecule has 1 aromatic rings. The van der Waals surface area contributed by atoms with Gasteiger partial charge >= 0.3 is 5.69 Å². The van der Waals surface area contributed by atoms with Gasteiger partial charge in [0.05, 0.1) is 10.5 Å². The number of rotatable bonds is 7. The molecule has 1 aliphatic carbocycles. The molecule has 7 nitrogen and oxygen atoms in total. The molecule has 0 atom stereocenters. The molecule has 0 saturated heterocycles. The smallest absolute Gasteiger partial charge is 0.312 e. The molecule has 0 aromatic carbocycles. The largest absolute Gasteiger partial charge is 0.385 e. The lowest BCUT2D eigenvalue weighted by Gasteiger charge is -2.15. The highest BCUT2D eigenvalue weighted by Crippen LogP contribution is 2.48. The minimum atomic E-state index is -0.523. The van der Waals surface area contributed by atoms with E-state index in [-0.39, 0.29) is 22.5 Å². The number of nitrogens with one attached hydrogen (secondary N) is 1. The fourth-order valence-corrected chi connectivity index (χ4v) is 2.07. The summed E-state index contributed by atoms with van der Waals surface area (Å²) < 4.78 is 5.07. The lowest BCUT2D eigenvalue weighted by molar-refractivity contribution is -0.384. The molecule has 0 bridgehead atoms. The lowest BCUT2D eigenvalue weighted by Crippen LogP contribution is -2.18. The Hall–Kier alpha value is -2.20. The summed E-state index contributed by atoms with van der Waals surface area (Å²) in [6.07, 6.45) is 4.45. The van der Waals surface area contributed by atoms with Gasteiger partial charge in [0.25, 0.3) is 0 Å². The van der Waals surface area contributed by atoms with Crippen LogP contribution >= 0.6 is 0 Å². The Balaban J connectivity index is 2.06. The predicted octanol–water partition coefficient (Wildman–Crippen LogP) is 2.09. The van der Waals surface area contributed by atoms with Crippen LogP contribution in [0.4, 0.5) is 11.5 Å². The van der Waals surface area contributed by atoms with Crippen molar-refractivity contribution >= 4 is 11.5 Å². The van der Waals surface area contributed by atoms with E-state index >= 15 is 0 Å². The van der Waals surface area contributed by atoms with Crippen LogP contribution in [0.1, 0.15) is 24.8 Å². The summed E-state index contributed by atoms with van der Waals surface area (Å²) in [5.41, 5.74) is 0.189. The van der Waals surface area contributed by atoms with Gasteiger partial charge in [-0.3, -0.25) is 10.1 Å². The second kappa shape index (κ2) is 5.84. The average Bonchev–Trinajstić information content (AvgIpc) is 3.23. The average molecular weight is 276 g/mol. The normalized spacial score (nSPS) is 15.4.